The van der Waals surface area contributed by atoms with E-state index in [1.807, 2.05) is 62.4 Å². The number of nitrogens with one attached hydrogen (secondary N) is 1. The summed E-state index contributed by atoms with van der Waals surface area (Å²) in [5.41, 5.74) is 1.06. The van der Waals surface area contributed by atoms with Crippen LogP contribution in [0.25, 0.3) is 0 Å². The molecule has 0 spiro atoms. The molecule has 1 heterocycles. The van der Waals surface area contributed by atoms with Gasteiger partial charge in [-0.05, 0) is 45.3 Å². The van der Waals surface area contributed by atoms with Crippen molar-refractivity contribution in [2.75, 3.05) is 32.6 Å². The molecule has 0 aliphatic carbocycles. The van der Waals surface area contributed by atoms with E-state index in [0.29, 0.717) is 6.61 Å². The molecule has 2 aromatic rings. The molecule has 0 bridgehead atoms. The molecule has 0 aliphatic rings. The Morgan fingerprint density at radius 3 is 2.57 bits per heavy atom. The van der Waals surface area contributed by atoms with E-state index in [4.69, 9.17) is 4.74 Å². The first-order chi connectivity index (χ1) is 10.1. The van der Waals surface area contributed by atoms with Gasteiger partial charge in [0.25, 0.3) is 0 Å². The van der Waals surface area contributed by atoms with E-state index in [1.54, 1.807) is 0 Å². The molecule has 0 radical (unpaired) electrons. The fourth-order valence-electron chi connectivity index (χ4n) is 2.10. The Bertz CT molecular complexity index is 548. The highest BCUT2D eigenvalue weighted by atomic mass is 16.5. The van der Waals surface area contributed by atoms with Crippen LogP contribution in [0.15, 0.2) is 36.7 Å². The molecule has 0 saturated carbocycles. The number of anilines is 1. The van der Waals surface area contributed by atoms with Crippen LogP contribution in [0.1, 0.15) is 18.8 Å². The molecule has 1 N–H and O–H groups in total. The first-order valence-electron chi connectivity index (χ1n) is 7.17. The summed E-state index contributed by atoms with van der Waals surface area (Å²) < 4.78 is 7.71. The zero-order valence-corrected chi connectivity index (χ0v) is 13.2. The number of rotatable bonds is 7. The average Bonchev–Trinajstić information content (AvgIpc) is 2.87. The van der Waals surface area contributed by atoms with Crippen LogP contribution in [-0.2, 0) is 7.05 Å². The Morgan fingerprint density at radius 1 is 1.29 bits per heavy atom. The van der Waals surface area contributed by atoms with Gasteiger partial charge in [-0.3, -0.25) is 0 Å². The second kappa shape index (κ2) is 7.13. The van der Waals surface area contributed by atoms with Crippen LogP contribution < -0.4 is 10.1 Å². The van der Waals surface area contributed by atoms with Gasteiger partial charge >= 0.3 is 0 Å². The van der Waals surface area contributed by atoms with Crippen LogP contribution in [0, 0.1) is 0 Å². The number of imidazole rings is 1. The summed E-state index contributed by atoms with van der Waals surface area (Å²) in [6, 6.07) is 8.20. The van der Waals surface area contributed by atoms with Crippen molar-refractivity contribution >= 4 is 5.69 Å². The minimum atomic E-state index is 0.158. The van der Waals surface area contributed by atoms with E-state index in [9.17, 15) is 0 Å². The fraction of sp³-hybridized carbons (Fsp3) is 0.438. The molecule has 114 valence electrons. The SMILES string of the molecule is CC(Nc1ccc(OCCN(C)C)cc1)c1nccn1C. The molecule has 1 unspecified atom stereocenters. The standard InChI is InChI=1S/C16H24N4O/c1-13(16-17-9-10-20(16)4)18-14-5-7-15(8-6-14)21-12-11-19(2)3/h5-10,13,18H,11-12H2,1-4H3. The highest BCUT2D eigenvalue weighted by Gasteiger charge is 2.09. The van der Waals surface area contributed by atoms with E-state index in [0.717, 1.165) is 23.8 Å². The van der Waals surface area contributed by atoms with Crippen LogP contribution >= 0.6 is 0 Å². The topological polar surface area (TPSA) is 42.3 Å². The predicted octanol–water partition coefficient (Wildman–Crippen LogP) is 2.53. The van der Waals surface area contributed by atoms with Crippen molar-refractivity contribution in [3.05, 3.63) is 42.5 Å². The van der Waals surface area contributed by atoms with E-state index in [-0.39, 0.29) is 6.04 Å². The van der Waals surface area contributed by atoms with Gasteiger partial charge in [-0.2, -0.15) is 0 Å². The van der Waals surface area contributed by atoms with Crippen LogP contribution in [0.3, 0.4) is 0 Å². The van der Waals surface area contributed by atoms with Gasteiger partial charge in [0.05, 0.1) is 6.04 Å². The van der Waals surface area contributed by atoms with Gasteiger partial charge in [0.2, 0.25) is 0 Å². The number of aromatic nitrogens is 2. The maximum absolute atomic E-state index is 5.68. The van der Waals surface area contributed by atoms with Crippen molar-refractivity contribution in [1.82, 2.24) is 14.5 Å². The van der Waals surface area contributed by atoms with E-state index in [1.165, 1.54) is 0 Å². The number of benzene rings is 1. The van der Waals surface area contributed by atoms with Gasteiger partial charge in [0.1, 0.15) is 18.2 Å². The Morgan fingerprint density at radius 2 is 2.00 bits per heavy atom. The Kier molecular flexibility index (Phi) is 5.22. The lowest BCUT2D eigenvalue weighted by Crippen LogP contribution is -2.19. The molecule has 5 nitrogen and oxygen atoms in total. The van der Waals surface area contributed by atoms with Crippen molar-refractivity contribution in [1.29, 1.82) is 0 Å². The largest absolute Gasteiger partial charge is 0.492 e. The minimum Gasteiger partial charge on any atom is -0.492 e. The molecule has 5 heteroatoms. The van der Waals surface area contributed by atoms with Crippen molar-refractivity contribution in [2.45, 2.75) is 13.0 Å². The molecule has 1 atom stereocenters. The minimum absolute atomic E-state index is 0.158. The lowest BCUT2D eigenvalue weighted by atomic mass is 10.2. The molecular weight excluding hydrogens is 264 g/mol. The van der Waals surface area contributed by atoms with Gasteiger partial charge < -0.3 is 19.5 Å². The number of nitrogens with zero attached hydrogens (tertiary/aromatic N) is 3. The van der Waals surface area contributed by atoms with Crippen LogP contribution in [0.2, 0.25) is 0 Å². The number of ether oxygens (including phenoxy) is 1. The third-order valence-electron chi connectivity index (χ3n) is 3.29. The van der Waals surface area contributed by atoms with Crippen molar-refractivity contribution < 1.29 is 4.74 Å². The van der Waals surface area contributed by atoms with Gasteiger partial charge in [-0.25, -0.2) is 4.98 Å². The quantitative estimate of drug-likeness (QED) is 0.850. The summed E-state index contributed by atoms with van der Waals surface area (Å²) in [5, 5.41) is 3.44. The van der Waals surface area contributed by atoms with Crippen LogP contribution in [0.4, 0.5) is 5.69 Å². The maximum atomic E-state index is 5.68. The summed E-state index contributed by atoms with van der Waals surface area (Å²) in [4.78, 5) is 6.46. The third kappa shape index (κ3) is 4.49. The summed E-state index contributed by atoms with van der Waals surface area (Å²) in [5.74, 6) is 1.91. The van der Waals surface area contributed by atoms with Crippen molar-refractivity contribution in [3.63, 3.8) is 0 Å². The van der Waals surface area contributed by atoms with Crippen LogP contribution in [0.5, 0.6) is 5.75 Å². The number of likely N-dealkylation sites (N-methyl/N-ethyl adjacent to an activating group) is 1. The second-order valence-electron chi connectivity index (χ2n) is 5.44. The summed E-state index contributed by atoms with van der Waals surface area (Å²) in [6.45, 7) is 3.71. The van der Waals surface area contributed by atoms with Gasteiger partial charge in [-0.15, -0.1) is 0 Å². The lowest BCUT2D eigenvalue weighted by Gasteiger charge is -2.16. The highest BCUT2D eigenvalue weighted by Crippen LogP contribution is 2.20. The average molecular weight is 288 g/mol. The molecule has 2 rings (SSSR count). The number of hydrogen-bond donors (Lipinski definition) is 1. The molecule has 1 aromatic carbocycles. The zero-order chi connectivity index (χ0) is 15.2. The summed E-state index contributed by atoms with van der Waals surface area (Å²) in [7, 11) is 6.08. The maximum Gasteiger partial charge on any atom is 0.130 e. The van der Waals surface area contributed by atoms with Crippen molar-refractivity contribution in [2.24, 2.45) is 7.05 Å². The third-order valence-corrected chi connectivity index (χ3v) is 3.29. The molecule has 0 saturated heterocycles. The fourth-order valence-corrected chi connectivity index (χ4v) is 2.10. The monoisotopic (exact) mass is 288 g/mol. The van der Waals surface area contributed by atoms with Crippen molar-refractivity contribution in [3.8, 4) is 5.75 Å². The Labute approximate surface area is 126 Å². The summed E-state index contributed by atoms with van der Waals surface area (Å²) in [6.07, 6.45) is 3.77. The van der Waals surface area contributed by atoms with E-state index >= 15 is 0 Å². The first-order valence-corrected chi connectivity index (χ1v) is 7.17. The Balaban J connectivity index is 1.89. The van der Waals surface area contributed by atoms with Crippen LogP contribution in [-0.4, -0.2) is 41.7 Å². The molecule has 0 amide bonds. The normalized spacial score (nSPS) is 12.4. The predicted molar refractivity (Wildman–Crippen MR) is 85.7 cm³/mol. The molecular formula is C16H24N4O. The zero-order valence-electron chi connectivity index (χ0n) is 13.2. The van der Waals surface area contributed by atoms with E-state index in [2.05, 4.69) is 22.1 Å². The van der Waals surface area contributed by atoms with Gasteiger partial charge in [0.15, 0.2) is 0 Å². The lowest BCUT2D eigenvalue weighted by molar-refractivity contribution is 0.261. The summed E-state index contributed by atoms with van der Waals surface area (Å²) >= 11 is 0. The number of aryl methyl sites for hydroxylation is 1. The second-order valence-corrected chi connectivity index (χ2v) is 5.44. The first kappa shape index (κ1) is 15.4. The van der Waals surface area contributed by atoms with Gasteiger partial charge in [-0.1, -0.05) is 0 Å². The molecule has 0 fully saturated rings. The number of hydrogen-bond acceptors (Lipinski definition) is 4. The van der Waals surface area contributed by atoms with Gasteiger partial charge in [0, 0.05) is 31.7 Å². The molecule has 1 aromatic heterocycles. The molecule has 0 aliphatic heterocycles. The highest BCUT2D eigenvalue weighted by molar-refractivity contribution is 5.47. The Hall–Kier alpha value is -2.01. The smallest absolute Gasteiger partial charge is 0.130 e. The molecule has 21 heavy (non-hydrogen) atoms. The van der Waals surface area contributed by atoms with E-state index < -0.39 is 0 Å².